The number of anilines is 1. The highest BCUT2D eigenvalue weighted by Gasteiger charge is 2.08. The summed E-state index contributed by atoms with van der Waals surface area (Å²) in [6.07, 6.45) is 2.60. The van der Waals surface area contributed by atoms with E-state index < -0.39 is 0 Å². The topological polar surface area (TPSA) is 50.2 Å². The fourth-order valence-electron chi connectivity index (χ4n) is 1.58. The normalized spacial score (nSPS) is 11.3. The molecule has 1 aromatic rings. The van der Waals surface area contributed by atoms with E-state index in [2.05, 4.69) is 52.1 Å². The Kier molecular flexibility index (Phi) is 6.51. The van der Waals surface area contributed by atoms with Crippen molar-refractivity contribution in [2.75, 3.05) is 25.5 Å². The minimum atomic E-state index is -0.0796. The van der Waals surface area contributed by atoms with Crippen LogP contribution in [-0.4, -0.2) is 40.9 Å². The predicted octanol–water partition coefficient (Wildman–Crippen LogP) is 2.17. The van der Waals surface area contributed by atoms with Gasteiger partial charge in [0.2, 0.25) is 0 Å². The molecule has 0 aliphatic rings. The molecule has 0 saturated heterocycles. The van der Waals surface area contributed by atoms with Gasteiger partial charge in [-0.2, -0.15) is 5.10 Å². The standard InChI is InChI=1S/C13H23BrN4O/c1-5-7-18-13(19)12(14)11(9-16-18)15-6-8-17(4)10(2)3/h9-10,15H,5-8H2,1-4H3. The van der Waals surface area contributed by atoms with Crippen molar-refractivity contribution in [2.45, 2.75) is 39.8 Å². The number of nitrogens with one attached hydrogen (secondary N) is 1. The zero-order chi connectivity index (χ0) is 14.4. The third-order valence-corrected chi connectivity index (χ3v) is 3.85. The van der Waals surface area contributed by atoms with Gasteiger partial charge < -0.3 is 10.2 Å². The highest BCUT2D eigenvalue weighted by Crippen LogP contribution is 2.15. The van der Waals surface area contributed by atoms with Crippen LogP contribution in [0, 0.1) is 0 Å². The fraction of sp³-hybridized carbons (Fsp3) is 0.692. The zero-order valence-corrected chi connectivity index (χ0v) is 13.7. The molecule has 0 unspecified atom stereocenters. The minimum Gasteiger partial charge on any atom is -0.381 e. The Hall–Kier alpha value is -0.880. The van der Waals surface area contributed by atoms with Crippen LogP contribution in [-0.2, 0) is 6.54 Å². The summed E-state index contributed by atoms with van der Waals surface area (Å²) in [5.74, 6) is 0. The number of nitrogens with zero attached hydrogens (tertiary/aromatic N) is 3. The highest BCUT2D eigenvalue weighted by atomic mass is 79.9. The SMILES string of the molecule is CCCn1ncc(NCCN(C)C(C)C)c(Br)c1=O. The molecule has 0 atom stereocenters. The lowest BCUT2D eigenvalue weighted by molar-refractivity contribution is 0.284. The molecule has 108 valence electrons. The van der Waals surface area contributed by atoms with Crippen LogP contribution in [0.2, 0.25) is 0 Å². The van der Waals surface area contributed by atoms with E-state index in [1.165, 1.54) is 4.68 Å². The van der Waals surface area contributed by atoms with Crippen molar-refractivity contribution < 1.29 is 0 Å². The highest BCUT2D eigenvalue weighted by molar-refractivity contribution is 9.10. The van der Waals surface area contributed by atoms with Gasteiger partial charge in [-0.05, 0) is 43.2 Å². The molecule has 1 rings (SSSR count). The summed E-state index contributed by atoms with van der Waals surface area (Å²) in [5, 5.41) is 7.40. The lowest BCUT2D eigenvalue weighted by Crippen LogP contribution is -2.31. The third-order valence-electron chi connectivity index (χ3n) is 3.08. The summed E-state index contributed by atoms with van der Waals surface area (Å²) >= 11 is 3.35. The summed E-state index contributed by atoms with van der Waals surface area (Å²) in [4.78, 5) is 14.2. The zero-order valence-electron chi connectivity index (χ0n) is 12.1. The van der Waals surface area contributed by atoms with Crippen LogP contribution in [0.15, 0.2) is 15.5 Å². The first kappa shape index (κ1) is 16.2. The van der Waals surface area contributed by atoms with Gasteiger partial charge in [-0.15, -0.1) is 0 Å². The number of aryl methyl sites for hydroxylation is 1. The number of rotatable bonds is 7. The van der Waals surface area contributed by atoms with Crippen LogP contribution in [0.3, 0.4) is 0 Å². The molecule has 0 aromatic carbocycles. The van der Waals surface area contributed by atoms with Crippen LogP contribution in [0.25, 0.3) is 0 Å². The van der Waals surface area contributed by atoms with Gasteiger partial charge in [0, 0.05) is 25.7 Å². The number of likely N-dealkylation sites (N-methyl/N-ethyl adjacent to an activating group) is 1. The molecule has 0 saturated carbocycles. The van der Waals surface area contributed by atoms with E-state index in [9.17, 15) is 4.79 Å². The van der Waals surface area contributed by atoms with E-state index in [4.69, 9.17) is 0 Å². The van der Waals surface area contributed by atoms with Gasteiger partial charge in [0.15, 0.2) is 0 Å². The fourth-order valence-corrected chi connectivity index (χ4v) is 2.03. The van der Waals surface area contributed by atoms with Crippen LogP contribution in [0.5, 0.6) is 0 Å². The third kappa shape index (κ3) is 4.62. The Labute approximate surface area is 123 Å². The largest absolute Gasteiger partial charge is 0.381 e. The van der Waals surface area contributed by atoms with Gasteiger partial charge in [0.05, 0.1) is 11.9 Å². The van der Waals surface area contributed by atoms with Gasteiger partial charge in [-0.25, -0.2) is 4.68 Å². The molecule has 0 aliphatic heterocycles. The molecule has 1 N–H and O–H groups in total. The van der Waals surface area contributed by atoms with Crippen molar-refractivity contribution in [3.8, 4) is 0 Å². The van der Waals surface area contributed by atoms with Crippen molar-refractivity contribution in [3.05, 3.63) is 21.0 Å². The summed E-state index contributed by atoms with van der Waals surface area (Å²) in [6.45, 7) is 8.69. The van der Waals surface area contributed by atoms with Crippen LogP contribution in [0.4, 0.5) is 5.69 Å². The van der Waals surface area contributed by atoms with Crippen molar-refractivity contribution in [1.82, 2.24) is 14.7 Å². The summed E-state index contributed by atoms with van der Waals surface area (Å²) in [7, 11) is 2.08. The maximum atomic E-state index is 12.0. The van der Waals surface area contributed by atoms with Crippen molar-refractivity contribution in [3.63, 3.8) is 0 Å². The number of aromatic nitrogens is 2. The van der Waals surface area contributed by atoms with E-state index in [1.54, 1.807) is 6.20 Å². The van der Waals surface area contributed by atoms with E-state index in [-0.39, 0.29) is 5.56 Å². The molecular weight excluding hydrogens is 308 g/mol. The lowest BCUT2D eigenvalue weighted by Gasteiger charge is -2.21. The predicted molar refractivity (Wildman–Crippen MR) is 82.7 cm³/mol. The maximum Gasteiger partial charge on any atom is 0.283 e. The Morgan fingerprint density at radius 3 is 2.79 bits per heavy atom. The number of hydrogen-bond donors (Lipinski definition) is 1. The van der Waals surface area contributed by atoms with Gasteiger partial charge in [-0.3, -0.25) is 4.79 Å². The summed E-state index contributed by atoms with van der Waals surface area (Å²) in [5.41, 5.74) is 0.679. The number of halogens is 1. The molecule has 1 aromatic heterocycles. The summed E-state index contributed by atoms with van der Waals surface area (Å²) in [6, 6.07) is 0.515. The molecule has 0 radical (unpaired) electrons. The second-order valence-electron chi connectivity index (χ2n) is 4.90. The lowest BCUT2D eigenvalue weighted by atomic mass is 10.3. The van der Waals surface area contributed by atoms with E-state index in [0.717, 1.165) is 25.2 Å². The molecular formula is C13H23BrN4O. The average molecular weight is 331 g/mol. The van der Waals surface area contributed by atoms with Gasteiger partial charge in [-0.1, -0.05) is 6.92 Å². The second kappa shape index (κ2) is 7.65. The monoisotopic (exact) mass is 330 g/mol. The Morgan fingerprint density at radius 2 is 2.21 bits per heavy atom. The first-order chi connectivity index (χ1) is 8.97. The molecule has 0 amide bonds. The van der Waals surface area contributed by atoms with E-state index in [1.807, 2.05) is 6.92 Å². The number of hydrogen-bond acceptors (Lipinski definition) is 4. The van der Waals surface area contributed by atoms with Crippen molar-refractivity contribution in [1.29, 1.82) is 0 Å². The molecule has 0 spiro atoms. The quantitative estimate of drug-likeness (QED) is 0.832. The first-order valence-corrected chi connectivity index (χ1v) is 7.46. The van der Waals surface area contributed by atoms with E-state index >= 15 is 0 Å². The van der Waals surface area contributed by atoms with E-state index in [0.29, 0.717) is 17.1 Å². The van der Waals surface area contributed by atoms with Gasteiger partial charge >= 0.3 is 0 Å². The average Bonchev–Trinajstić information content (AvgIpc) is 2.37. The smallest absolute Gasteiger partial charge is 0.283 e. The first-order valence-electron chi connectivity index (χ1n) is 6.67. The minimum absolute atomic E-state index is 0.0796. The molecule has 1 heterocycles. The molecule has 0 fully saturated rings. The second-order valence-corrected chi connectivity index (χ2v) is 5.69. The molecule has 0 bridgehead atoms. The molecule has 5 nitrogen and oxygen atoms in total. The molecule has 19 heavy (non-hydrogen) atoms. The Morgan fingerprint density at radius 1 is 1.53 bits per heavy atom. The van der Waals surface area contributed by atoms with Gasteiger partial charge in [0.25, 0.3) is 5.56 Å². The maximum absolute atomic E-state index is 12.0. The van der Waals surface area contributed by atoms with Crippen molar-refractivity contribution in [2.24, 2.45) is 0 Å². The van der Waals surface area contributed by atoms with Gasteiger partial charge in [0.1, 0.15) is 4.47 Å². The molecule has 0 aliphatic carbocycles. The van der Waals surface area contributed by atoms with Crippen LogP contribution < -0.4 is 10.9 Å². The molecule has 6 heteroatoms. The van der Waals surface area contributed by atoms with Crippen molar-refractivity contribution >= 4 is 21.6 Å². The summed E-state index contributed by atoms with van der Waals surface area (Å²) < 4.78 is 2.04. The van der Waals surface area contributed by atoms with Crippen LogP contribution in [0.1, 0.15) is 27.2 Å². The van der Waals surface area contributed by atoms with Crippen LogP contribution >= 0.6 is 15.9 Å². The Balaban J connectivity index is 2.65. The Bertz CT molecular complexity index is 458.